The molecule has 3 N–H and O–H groups in total. The number of hydrogen-bond donors (Lipinski definition) is 3. The van der Waals surface area contributed by atoms with Crippen molar-refractivity contribution >= 4 is 33.8 Å². The van der Waals surface area contributed by atoms with E-state index in [9.17, 15) is 18.7 Å². The summed E-state index contributed by atoms with van der Waals surface area (Å²) in [6, 6.07) is 2.90. The molecule has 1 atom stereocenters. The number of aliphatic hydroxyl groups is 1. The summed E-state index contributed by atoms with van der Waals surface area (Å²) in [6.07, 6.45) is -2.72. The average Bonchev–Trinajstić information content (AvgIpc) is 3.07. The number of hydrogen-bond acceptors (Lipinski definition) is 6. The van der Waals surface area contributed by atoms with Gasteiger partial charge in [0.25, 0.3) is 6.43 Å². The fourth-order valence-electron chi connectivity index (χ4n) is 1.44. The van der Waals surface area contributed by atoms with Crippen molar-refractivity contribution in [2.24, 2.45) is 0 Å². The van der Waals surface area contributed by atoms with Gasteiger partial charge in [0, 0.05) is 4.88 Å². The molecule has 0 bridgehead atoms. The Labute approximate surface area is 126 Å². The molecule has 0 aliphatic rings. The van der Waals surface area contributed by atoms with Crippen LogP contribution in [0.15, 0.2) is 17.5 Å². The van der Waals surface area contributed by atoms with Crippen molar-refractivity contribution in [3.63, 3.8) is 0 Å². The van der Waals surface area contributed by atoms with Crippen LogP contribution in [0.4, 0.5) is 18.7 Å². The van der Waals surface area contributed by atoms with Crippen LogP contribution in [0.25, 0.3) is 0 Å². The molecule has 0 saturated carbocycles. The van der Waals surface area contributed by atoms with Crippen molar-refractivity contribution in [3.05, 3.63) is 27.4 Å². The number of rotatable bonds is 5. The summed E-state index contributed by atoms with van der Waals surface area (Å²) in [4.78, 5) is 12.3. The number of amides is 2. The van der Waals surface area contributed by atoms with Crippen molar-refractivity contribution in [1.29, 1.82) is 0 Å². The minimum atomic E-state index is -2.72. The molecule has 21 heavy (non-hydrogen) atoms. The van der Waals surface area contributed by atoms with E-state index in [-0.39, 0.29) is 11.7 Å². The maximum absolute atomic E-state index is 12.3. The summed E-state index contributed by atoms with van der Waals surface area (Å²) in [5, 5.41) is 23.0. The third-order valence-electron chi connectivity index (χ3n) is 2.49. The van der Waals surface area contributed by atoms with Crippen LogP contribution in [0.1, 0.15) is 23.2 Å². The van der Waals surface area contributed by atoms with Gasteiger partial charge in [-0.05, 0) is 18.4 Å². The Morgan fingerprint density at radius 1 is 1.52 bits per heavy atom. The normalized spacial score (nSPS) is 14.0. The highest BCUT2D eigenvalue weighted by Gasteiger charge is 2.25. The molecule has 0 spiro atoms. The average molecular weight is 334 g/mol. The highest BCUT2D eigenvalue weighted by Crippen LogP contribution is 2.26. The molecular formula is C11H12F2N4O2S2. The van der Waals surface area contributed by atoms with Crippen molar-refractivity contribution in [3.8, 4) is 0 Å². The summed E-state index contributed by atoms with van der Waals surface area (Å²) >= 11 is 1.96. The Hall–Kier alpha value is -1.65. The van der Waals surface area contributed by atoms with Crippen LogP contribution in [-0.4, -0.2) is 27.9 Å². The molecule has 0 aliphatic carbocycles. The second-order valence-corrected chi connectivity index (χ2v) is 6.26. The Kier molecular flexibility index (Phi) is 4.80. The van der Waals surface area contributed by atoms with Crippen LogP contribution in [0, 0.1) is 0 Å². The van der Waals surface area contributed by atoms with Gasteiger partial charge in [-0.2, -0.15) is 0 Å². The number of aromatic nitrogens is 2. The predicted molar refractivity (Wildman–Crippen MR) is 75.8 cm³/mol. The van der Waals surface area contributed by atoms with Crippen LogP contribution in [0.2, 0.25) is 0 Å². The van der Waals surface area contributed by atoms with Crippen molar-refractivity contribution in [1.82, 2.24) is 15.5 Å². The van der Waals surface area contributed by atoms with Crippen LogP contribution >= 0.6 is 22.7 Å². The number of carbonyl (C=O) groups is 1. The van der Waals surface area contributed by atoms with Gasteiger partial charge in [0.2, 0.25) is 5.13 Å². The summed E-state index contributed by atoms with van der Waals surface area (Å²) in [5.41, 5.74) is -1.21. The monoisotopic (exact) mass is 334 g/mol. The quantitative estimate of drug-likeness (QED) is 0.784. The topological polar surface area (TPSA) is 87.1 Å². The molecule has 0 saturated heterocycles. The molecule has 1 unspecified atom stereocenters. The molecule has 2 heterocycles. The van der Waals surface area contributed by atoms with E-state index < -0.39 is 23.1 Å². The third kappa shape index (κ3) is 4.16. The molecule has 0 aromatic carbocycles. The van der Waals surface area contributed by atoms with Gasteiger partial charge in [0.05, 0.1) is 6.54 Å². The molecule has 0 fully saturated rings. The fourth-order valence-corrected chi connectivity index (χ4v) is 2.82. The first-order chi connectivity index (χ1) is 9.88. The lowest BCUT2D eigenvalue weighted by Crippen LogP contribution is -2.40. The number of nitrogens with zero attached hydrogens (tertiary/aromatic N) is 2. The summed E-state index contributed by atoms with van der Waals surface area (Å²) in [5.74, 6) is 0. The SMILES string of the molecule is CC(O)(CNC(=O)Nc1nnc(C(F)F)s1)c1cccs1. The number of halogens is 2. The third-order valence-corrected chi connectivity index (χ3v) is 4.46. The Bertz CT molecular complexity index is 601. The zero-order chi connectivity index (χ0) is 15.5. The standard InChI is InChI=1S/C11H12F2N4O2S2/c1-11(19,6-3-2-4-20-6)5-14-9(18)15-10-17-16-8(21-10)7(12)13/h2-4,7,19H,5H2,1H3,(H2,14,15,17,18). The molecular weight excluding hydrogens is 322 g/mol. The Morgan fingerprint density at radius 3 is 2.86 bits per heavy atom. The number of carbonyl (C=O) groups excluding carboxylic acids is 1. The van der Waals surface area contributed by atoms with Gasteiger partial charge in [-0.25, -0.2) is 13.6 Å². The molecule has 2 amide bonds. The Morgan fingerprint density at radius 2 is 2.29 bits per heavy atom. The van der Waals surface area contributed by atoms with Gasteiger partial charge in [0.1, 0.15) is 5.60 Å². The number of alkyl halides is 2. The molecule has 114 valence electrons. The van der Waals surface area contributed by atoms with E-state index >= 15 is 0 Å². The summed E-state index contributed by atoms with van der Waals surface area (Å²) < 4.78 is 24.7. The summed E-state index contributed by atoms with van der Waals surface area (Å²) in [6.45, 7) is 1.54. The zero-order valence-corrected chi connectivity index (χ0v) is 12.5. The van der Waals surface area contributed by atoms with Crippen LogP contribution in [0.5, 0.6) is 0 Å². The molecule has 10 heteroatoms. The molecule has 2 aromatic heterocycles. The van der Waals surface area contributed by atoms with Gasteiger partial charge in [-0.3, -0.25) is 5.32 Å². The molecule has 2 rings (SSSR count). The lowest BCUT2D eigenvalue weighted by molar-refractivity contribution is 0.0637. The van der Waals surface area contributed by atoms with E-state index in [1.165, 1.54) is 11.3 Å². The maximum Gasteiger partial charge on any atom is 0.321 e. The molecule has 0 radical (unpaired) electrons. The number of nitrogens with one attached hydrogen (secondary N) is 2. The van der Waals surface area contributed by atoms with Gasteiger partial charge in [0.15, 0.2) is 5.01 Å². The van der Waals surface area contributed by atoms with Crippen molar-refractivity contribution < 1.29 is 18.7 Å². The fraction of sp³-hybridized carbons (Fsp3) is 0.364. The number of thiophene rings is 1. The second kappa shape index (κ2) is 6.41. The maximum atomic E-state index is 12.3. The van der Waals surface area contributed by atoms with Crippen LogP contribution in [-0.2, 0) is 5.60 Å². The second-order valence-electron chi connectivity index (χ2n) is 4.30. The first-order valence-corrected chi connectivity index (χ1v) is 7.51. The van der Waals surface area contributed by atoms with Crippen LogP contribution < -0.4 is 10.6 Å². The van der Waals surface area contributed by atoms with E-state index in [0.29, 0.717) is 16.2 Å². The minimum absolute atomic E-state index is 0.0279. The van der Waals surface area contributed by atoms with Gasteiger partial charge in [-0.15, -0.1) is 21.5 Å². The smallest absolute Gasteiger partial charge is 0.321 e. The number of anilines is 1. The first kappa shape index (κ1) is 15.7. The van der Waals surface area contributed by atoms with Crippen LogP contribution in [0.3, 0.4) is 0 Å². The lowest BCUT2D eigenvalue weighted by Gasteiger charge is -2.22. The Balaban J connectivity index is 1.87. The van der Waals surface area contributed by atoms with E-state index in [0.717, 1.165) is 0 Å². The highest BCUT2D eigenvalue weighted by molar-refractivity contribution is 7.15. The lowest BCUT2D eigenvalue weighted by atomic mass is 10.1. The summed E-state index contributed by atoms with van der Waals surface area (Å²) in [7, 11) is 0. The van der Waals surface area contributed by atoms with Gasteiger partial charge in [-0.1, -0.05) is 17.4 Å². The minimum Gasteiger partial charge on any atom is -0.383 e. The van der Waals surface area contributed by atoms with E-state index in [1.807, 2.05) is 5.38 Å². The highest BCUT2D eigenvalue weighted by atomic mass is 32.1. The van der Waals surface area contributed by atoms with Gasteiger partial charge < -0.3 is 10.4 Å². The molecule has 6 nitrogen and oxygen atoms in total. The van der Waals surface area contributed by atoms with Gasteiger partial charge >= 0.3 is 6.03 Å². The number of urea groups is 1. The van der Waals surface area contributed by atoms with E-state index in [4.69, 9.17) is 0 Å². The zero-order valence-electron chi connectivity index (χ0n) is 10.8. The predicted octanol–water partition coefficient (Wildman–Crippen LogP) is 2.57. The largest absolute Gasteiger partial charge is 0.383 e. The van der Waals surface area contributed by atoms with E-state index in [2.05, 4.69) is 20.8 Å². The first-order valence-electron chi connectivity index (χ1n) is 5.81. The molecule has 0 aliphatic heterocycles. The molecule has 2 aromatic rings. The van der Waals surface area contributed by atoms with Crippen molar-refractivity contribution in [2.45, 2.75) is 19.0 Å². The van der Waals surface area contributed by atoms with Crippen molar-refractivity contribution in [2.75, 3.05) is 11.9 Å². The van der Waals surface area contributed by atoms with E-state index in [1.54, 1.807) is 19.1 Å².